The molecule has 0 spiro atoms. The summed E-state index contributed by atoms with van der Waals surface area (Å²) < 4.78 is 7.48. The SMILES string of the molecule is N#Cc1cnn2c(-c3cc(NC4CCOCC4)c(-c4nnc(N5CC6CCC(C5)N6C[C@H]5[C@@H]6CN(c7ccc([C@H]8CCC(=O)NC8=O)cn7)C[C@@H]65)s4)cn3)ccc2c1. The lowest BCUT2D eigenvalue weighted by Crippen LogP contribution is -2.54. The van der Waals surface area contributed by atoms with Gasteiger partial charge in [-0.1, -0.05) is 17.4 Å². The summed E-state index contributed by atoms with van der Waals surface area (Å²) in [4.78, 5) is 41.2. The number of rotatable bonds is 9. The molecule has 5 saturated heterocycles. The van der Waals surface area contributed by atoms with Crippen LogP contribution >= 0.6 is 11.3 Å². The van der Waals surface area contributed by atoms with E-state index in [9.17, 15) is 14.9 Å². The maximum atomic E-state index is 12.3. The van der Waals surface area contributed by atoms with Crippen molar-refractivity contribution in [2.24, 2.45) is 17.8 Å². The number of anilines is 3. The molecule has 6 aliphatic rings. The predicted octanol–water partition coefficient (Wildman–Crippen LogP) is 4.33. The van der Waals surface area contributed by atoms with Crippen LogP contribution in [0.1, 0.15) is 55.6 Å². The van der Waals surface area contributed by atoms with Gasteiger partial charge in [-0.3, -0.25) is 24.8 Å². The Morgan fingerprint density at radius 2 is 1.72 bits per heavy atom. The van der Waals surface area contributed by atoms with Crippen molar-refractivity contribution in [3.05, 3.63) is 66.1 Å². The molecule has 58 heavy (non-hydrogen) atoms. The fraction of sp³-hybridized carbons (Fsp3) is 0.476. The lowest BCUT2D eigenvalue weighted by molar-refractivity contribution is -0.134. The number of nitriles is 1. The molecule has 2 bridgehead atoms. The highest BCUT2D eigenvalue weighted by molar-refractivity contribution is 7.18. The quantitative estimate of drug-likeness (QED) is 0.203. The van der Waals surface area contributed by atoms with Crippen molar-refractivity contribution in [3.63, 3.8) is 0 Å². The van der Waals surface area contributed by atoms with Crippen LogP contribution in [0.2, 0.25) is 0 Å². The highest BCUT2D eigenvalue weighted by Crippen LogP contribution is 2.54. The number of hydrogen-bond donors (Lipinski definition) is 2. The Balaban J connectivity index is 0.747. The van der Waals surface area contributed by atoms with Crippen LogP contribution in [0.15, 0.2) is 55.0 Å². The van der Waals surface area contributed by atoms with Gasteiger partial charge in [-0.15, -0.1) is 10.2 Å². The van der Waals surface area contributed by atoms with Gasteiger partial charge in [-0.05, 0) is 85.8 Å². The van der Waals surface area contributed by atoms with Crippen LogP contribution in [0.25, 0.3) is 27.5 Å². The number of carbonyl (C=O) groups is 2. The first-order chi connectivity index (χ1) is 28.5. The molecule has 6 atom stereocenters. The molecule has 16 heteroatoms. The molecule has 0 radical (unpaired) electrons. The number of piperidine rings is 2. The zero-order chi connectivity index (χ0) is 38.9. The molecule has 5 aromatic heterocycles. The predicted molar refractivity (Wildman–Crippen MR) is 217 cm³/mol. The van der Waals surface area contributed by atoms with Crippen LogP contribution in [0.3, 0.4) is 0 Å². The Bertz CT molecular complexity index is 2410. The summed E-state index contributed by atoms with van der Waals surface area (Å²) in [5.41, 5.74) is 5.81. The van der Waals surface area contributed by atoms with Crippen LogP contribution < -0.4 is 20.4 Å². The number of fused-ring (bicyclic) bond motifs is 4. The van der Waals surface area contributed by atoms with Gasteiger partial charge in [-0.25, -0.2) is 9.50 Å². The van der Waals surface area contributed by atoms with Crippen molar-refractivity contribution < 1.29 is 14.3 Å². The summed E-state index contributed by atoms with van der Waals surface area (Å²) in [7, 11) is 0. The summed E-state index contributed by atoms with van der Waals surface area (Å²) in [6.45, 7) is 6.64. The topological polar surface area (TPSA) is 170 Å². The van der Waals surface area contributed by atoms with E-state index in [0.29, 0.717) is 42.3 Å². The van der Waals surface area contributed by atoms with E-state index in [1.165, 1.54) is 19.4 Å². The molecule has 5 aliphatic heterocycles. The number of piperazine rings is 1. The van der Waals surface area contributed by atoms with Gasteiger partial charge in [0.2, 0.25) is 16.9 Å². The third kappa shape index (κ3) is 6.45. The number of amides is 2. The van der Waals surface area contributed by atoms with Gasteiger partial charge < -0.3 is 19.9 Å². The first kappa shape index (κ1) is 35.6. The molecule has 2 unspecified atom stereocenters. The Kier molecular flexibility index (Phi) is 8.85. The number of ether oxygens (including phenoxy) is 1. The summed E-state index contributed by atoms with van der Waals surface area (Å²) in [6.07, 6.45) is 10.5. The fourth-order valence-corrected chi connectivity index (χ4v) is 11.1. The van der Waals surface area contributed by atoms with Crippen LogP contribution in [-0.2, 0) is 14.3 Å². The van der Waals surface area contributed by atoms with Crippen molar-refractivity contribution in [3.8, 4) is 28.0 Å². The molecule has 10 heterocycles. The number of carbonyl (C=O) groups excluding carboxylic acids is 2. The molecule has 5 aromatic rings. The van der Waals surface area contributed by atoms with E-state index in [1.807, 2.05) is 47.2 Å². The van der Waals surface area contributed by atoms with E-state index in [1.54, 1.807) is 17.5 Å². The lowest BCUT2D eigenvalue weighted by atomic mass is 9.92. The molecule has 11 rings (SSSR count). The second kappa shape index (κ2) is 14.4. The van der Waals surface area contributed by atoms with Gasteiger partial charge in [0.15, 0.2) is 5.01 Å². The second-order valence-corrected chi connectivity index (χ2v) is 17.7. The Morgan fingerprint density at radius 1 is 0.897 bits per heavy atom. The Hall–Kier alpha value is -5.50. The lowest BCUT2D eigenvalue weighted by Gasteiger charge is -2.41. The minimum atomic E-state index is -0.301. The monoisotopic (exact) mass is 796 g/mol. The molecule has 1 saturated carbocycles. The van der Waals surface area contributed by atoms with Gasteiger partial charge in [0.05, 0.1) is 40.1 Å². The minimum Gasteiger partial charge on any atom is -0.381 e. The highest BCUT2D eigenvalue weighted by atomic mass is 32.1. The normalized spacial score (nSPS) is 27.2. The average Bonchev–Trinajstić information content (AvgIpc) is 3.79. The van der Waals surface area contributed by atoms with Crippen LogP contribution in [-0.4, -0.2) is 111 Å². The number of hydrogen-bond acceptors (Lipinski definition) is 14. The number of nitrogens with one attached hydrogen (secondary N) is 2. The van der Waals surface area contributed by atoms with E-state index in [4.69, 9.17) is 24.9 Å². The van der Waals surface area contributed by atoms with Gasteiger partial charge in [0.25, 0.3) is 0 Å². The van der Waals surface area contributed by atoms with Gasteiger partial charge >= 0.3 is 0 Å². The summed E-state index contributed by atoms with van der Waals surface area (Å²) in [5.74, 6) is 2.40. The molecule has 6 fully saturated rings. The number of pyridine rings is 2. The zero-order valence-electron chi connectivity index (χ0n) is 32.0. The molecule has 2 amide bonds. The van der Waals surface area contributed by atoms with Crippen molar-refractivity contribution in [1.29, 1.82) is 5.26 Å². The first-order valence-corrected chi connectivity index (χ1v) is 21.4. The zero-order valence-corrected chi connectivity index (χ0v) is 32.9. The standard InChI is InChI=1S/C42H44N12O3S/c43-15-24-13-27-4-6-37(54(27)46-16-24)36-14-35(47-26-9-11-57-12-10-26)31(18-44-36)41-49-50-42(58-41)52-19-28-2-3-29(20-52)53(28)23-34-32-21-51(22-33(32)34)38-7-1-25(17-45-38)30-5-8-39(55)48-40(30)56/h1,4,6-7,13-14,16-18,26,28-30,32-34H,2-3,5,8-12,19-23H2,(H,44,47)(H,48,55,56)/t28?,29?,30-,32-,33+,34+/m1/s1. The summed E-state index contributed by atoms with van der Waals surface area (Å²) >= 11 is 1.65. The molecule has 1 aliphatic carbocycles. The number of aromatic nitrogens is 6. The third-order valence-electron chi connectivity index (χ3n) is 13.5. The first-order valence-electron chi connectivity index (χ1n) is 20.6. The molecule has 15 nitrogen and oxygen atoms in total. The largest absolute Gasteiger partial charge is 0.381 e. The van der Waals surface area contributed by atoms with Crippen molar-refractivity contribution in [2.45, 2.75) is 62.6 Å². The van der Waals surface area contributed by atoms with E-state index in [2.05, 4.69) is 42.6 Å². The Labute approximate surface area is 339 Å². The fourth-order valence-electron chi connectivity index (χ4n) is 10.3. The van der Waals surface area contributed by atoms with Crippen molar-refractivity contribution >= 4 is 45.3 Å². The number of imide groups is 1. The minimum absolute atomic E-state index is 0.192. The van der Waals surface area contributed by atoms with Crippen molar-refractivity contribution in [2.75, 3.05) is 61.1 Å². The van der Waals surface area contributed by atoms with Crippen LogP contribution in [0.4, 0.5) is 16.6 Å². The smallest absolute Gasteiger partial charge is 0.234 e. The summed E-state index contributed by atoms with van der Waals surface area (Å²) in [5, 5.41) is 31.5. The van der Waals surface area contributed by atoms with Crippen LogP contribution in [0, 0.1) is 29.1 Å². The van der Waals surface area contributed by atoms with Crippen LogP contribution in [0.5, 0.6) is 0 Å². The molecule has 296 valence electrons. The molecular formula is C42H44N12O3S. The Morgan fingerprint density at radius 3 is 2.48 bits per heavy atom. The van der Waals surface area contributed by atoms with E-state index in [-0.39, 0.29) is 23.8 Å². The van der Waals surface area contributed by atoms with E-state index >= 15 is 0 Å². The summed E-state index contributed by atoms with van der Waals surface area (Å²) in [6, 6.07) is 15.4. The van der Waals surface area contributed by atoms with E-state index < -0.39 is 0 Å². The van der Waals surface area contributed by atoms with Gasteiger partial charge in [0, 0.05) is 88.6 Å². The van der Waals surface area contributed by atoms with Gasteiger partial charge in [-0.2, -0.15) is 10.4 Å². The maximum Gasteiger partial charge on any atom is 0.234 e. The second-order valence-electron chi connectivity index (χ2n) is 16.8. The third-order valence-corrected chi connectivity index (χ3v) is 14.5. The average molecular weight is 797 g/mol. The number of nitrogens with zero attached hydrogens (tertiary/aromatic N) is 10. The molecule has 2 N–H and O–H groups in total. The van der Waals surface area contributed by atoms with Gasteiger partial charge in [0.1, 0.15) is 11.9 Å². The maximum absolute atomic E-state index is 12.3. The van der Waals surface area contributed by atoms with E-state index in [0.717, 1.165) is 108 Å². The molecule has 0 aromatic carbocycles. The molecular weight excluding hydrogens is 753 g/mol. The highest BCUT2D eigenvalue weighted by Gasteiger charge is 2.57. The van der Waals surface area contributed by atoms with Crippen molar-refractivity contribution in [1.82, 2.24) is 40.0 Å².